The standard InChI is InChI=1S/C17H20N2OS/c1-10-5-6-15-12(7-10)9-16(21-15)17(20)19-18-14-8-11-3-2-4-13(11)14/h2-3,9-11,13H,4-8H2,1H3,(H,19,20)/b18-14-/t10-,11+,13-/m0/s1. The number of amides is 1. The van der Waals surface area contributed by atoms with Crippen molar-refractivity contribution in [3.8, 4) is 0 Å². The second-order valence-corrected chi connectivity index (χ2v) is 7.73. The van der Waals surface area contributed by atoms with Crippen LogP contribution in [-0.4, -0.2) is 11.6 Å². The van der Waals surface area contributed by atoms with Gasteiger partial charge >= 0.3 is 0 Å². The van der Waals surface area contributed by atoms with Gasteiger partial charge in [0, 0.05) is 16.5 Å². The number of aryl methyl sites for hydroxylation is 1. The summed E-state index contributed by atoms with van der Waals surface area (Å²) in [6, 6.07) is 2.08. The van der Waals surface area contributed by atoms with Crippen LogP contribution in [0.25, 0.3) is 0 Å². The molecule has 0 aliphatic heterocycles. The summed E-state index contributed by atoms with van der Waals surface area (Å²) in [5.41, 5.74) is 5.30. The van der Waals surface area contributed by atoms with Gasteiger partial charge in [-0.1, -0.05) is 19.1 Å². The SMILES string of the molecule is C[C@H]1CCc2sc(C(=O)N/N=C3/C[C@H]4C=CC[C@H]34)cc2C1. The Hall–Kier alpha value is -1.42. The fourth-order valence-electron chi connectivity index (χ4n) is 3.66. The first-order valence-corrected chi connectivity index (χ1v) is 8.67. The molecule has 3 aliphatic rings. The fourth-order valence-corrected chi connectivity index (χ4v) is 4.76. The molecule has 4 heteroatoms. The number of carbonyl (C=O) groups excluding carboxylic acids is 1. The van der Waals surface area contributed by atoms with E-state index in [1.54, 1.807) is 11.3 Å². The number of carbonyl (C=O) groups is 1. The number of hydrazone groups is 1. The largest absolute Gasteiger partial charge is 0.281 e. The Morgan fingerprint density at radius 2 is 2.33 bits per heavy atom. The van der Waals surface area contributed by atoms with Gasteiger partial charge in [-0.25, -0.2) is 5.43 Å². The van der Waals surface area contributed by atoms with E-state index in [1.165, 1.54) is 16.9 Å². The van der Waals surface area contributed by atoms with Crippen LogP contribution in [0.3, 0.4) is 0 Å². The molecule has 1 saturated carbocycles. The Morgan fingerprint density at radius 1 is 1.43 bits per heavy atom. The number of nitrogens with one attached hydrogen (secondary N) is 1. The maximum absolute atomic E-state index is 12.3. The lowest BCUT2D eigenvalue weighted by Crippen LogP contribution is -2.35. The second kappa shape index (κ2) is 5.09. The monoisotopic (exact) mass is 300 g/mol. The molecule has 1 aromatic heterocycles. The summed E-state index contributed by atoms with van der Waals surface area (Å²) in [6.07, 6.45) is 10.1. The number of hydrogen-bond donors (Lipinski definition) is 1. The van der Waals surface area contributed by atoms with Gasteiger partial charge in [-0.3, -0.25) is 4.79 Å². The molecule has 1 heterocycles. The third kappa shape index (κ3) is 2.35. The molecule has 21 heavy (non-hydrogen) atoms. The molecule has 0 unspecified atom stereocenters. The van der Waals surface area contributed by atoms with Crippen molar-refractivity contribution in [2.75, 3.05) is 0 Å². The van der Waals surface area contributed by atoms with E-state index < -0.39 is 0 Å². The summed E-state index contributed by atoms with van der Waals surface area (Å²) in [7, 11) is 0. The molecule has 3 nitrogen and oxygen atoms in total. The zero-order valence-electron chi connectivity index (χ0n) is 12.3. The Bertz CT molecular complexity index is 643. The van der Waals surface area contributed by atoms with E-state index in [9.17, 15) is 4.79 Å². The molecule has 1 N–H and O–H groups in total. The molecular formula is C17H20N2OS. The van der Waals surface area contributed by atoms with Gasteiger partial charge < -0.3 is 0 Å². The van der Waals surface area contributed by atoms with Crippen LogP contribution in [0.5, 0.6) is 0 Å². The highest BCUT2D eigenvalue weighted by Crippen LogP contribution is 2.40. The maximum atomic E-state index is 12.3. The summed E-state index contributed by atoms with van der Waals surface area (Å²) >= 11 is 1.65. The van der Waals surface area contributed by atoms with Crippen molar-refractivity contribution in [1.29, 1.82) is 0 Å². The highest BCUT2D eigenvalue weighted by Gasteiger charge is 2.38. The van der Waals surface area contributed by atoms with E-state index in [-0.39, 0.29) is 5.91 Å². The minimum atomic E-state index is -0.0380. The lowest BCUT2D eigenvalue weighted by Gasteiger charge is -2.31. The molecule has 0 spiro atoms. The van der Waals surface area contributed by atoms with Crippen LogP contribution in [-0.2, 0) is 12.8 Å². The summed E-state index contributed by atoms with van der Waals surface area (Å²) in [5.74, 6) is 1.94. The van der Waals surface area contributed by atoms with Gasteiger partial charge in [0.1, 0.15) is 0 Å². The molecule has 4 rings (SSSR count). The first-order valence-electron chi connectivity index (χ1n) is 7.85. The molecule has 0 saturated heterocycles. The molecule has 3 atom stereocenters. The van der Waals surface area contributed by atoms with Gasteiger partial charge in [-0.05, 0) is 55.6 Å². The Morgan fingerprint density at radius 3 is 3.19 bits per heavy atom. The molecule has 3 aliphatic carbocycles. The number of nitrogens with zero attached hydrogens (tertiary/aromatic N) is 1. The van der Waals surface area contributed by atoms with E-state index in [0.717, 1.165) is 42.2 Å². The van der Waals surface area contributed by atoms with Crippen LogP contribution in [0.2, 0.25) is 0 Å². The first-order chi connectivity index (χ1) is 10.2. The lowest BCUT2D eigenvalue weighted by molar-refractivity contribution is 0.0958. The zero-order chi connectivity index (χ0) is 14.4. The second-order valence-electron chi connectivity index (χ2n) is 6.59. The Balaban J connectivity index is 1.43. The van der Waals surface area contributed by atoms with E-state index in [1.807, 2.05) is 0 Å². The van der Waals surface area contributed by atoms with E-state index in [0.29, 0.717) is 11.8 Å². The molecule has 110 valence electrons. The highest BCUT2D eigenvalue weighted by molar-refractivity contribution is 7.14. The van der Waals surface area contributed by atoms with Gasteiger partial charge in [-0.2, -0.15) is 5.10 Å². The van der Waals surface area contributed by atoms with Crippen molar-refractivity contribution >= 4 is 23.0 Å². The lowest BCUT2D eigenvalue weighted by atomic mass is 9.74. The van der Waals surface area contributed by atoms with Crippen LogP contribution >= 0.6 is 11.3 Å². The zero-order valence-corrected chi connectivity index (χ0v) is 13.1. The molecule has 1 aromatic rings. The topological polar surface area (TPSA) is 41.5 Å². The van der Waals surface area contributed by atoms with Crippen LogP contribution in [0, 0.1) is 17.8 Å². The van der Waals surface area contributed by atoms with Gasteiger partial charge in [0.25, 0.3) is 5.91 Å². The van der Waals surface area contributed by atoms with Gasteiger partial charge in [0.15, 0.2) is 0 Å². The van der Waals surface area contributed by atoms with Crippen molar-refractivity contribution in [3.05, 3.63) is 33.5 Å². The summed E-state index contributed by atoms with van der Waals surface area (Å²) in [5, 5.41) is 4.35. The van der Waals surface area contributed by atoms with E-state index in [4.69, 9.17) is 0 Å². The average Bonchev–Trinajstić information content (AvgIpc) is 3.02. The molecule has 0 radical (unpaired) electrons. The van der Waals surface area contributed by atoms with E-state index >= 15 is 0 Å². The highest BCUT2D eigenvalue weighted by atomic mass is 32.1. The smallest absolute Gasteiger partial charge is 0.266 e. The first kappa shape index (κ1) is 13.3. The van der Waals surface area contributed by atoms with Gasteiger partial charge in [0.05, 0.1) is 4.88 Å². The van der Waals surface area contributed by atoms with Crippen molar-refractivity contribution in [2.45, 2.75) is 39.0 Å². The number of allylic oxidation sites excluding steroid dienone is 2. The third-order valence-electron chi connectivity index (χ3n) is 5.02. The van der Waals surface area contributed by atoms with Crippen LogP contribution in [0.15, 0.2) is 23.3 Å². The minimum Gasteiger partial charge on any atom is -0.266 e. The quantitative estimate of drug-likeness (QED) is 0.658. The molecule has 1 fully saturated rings. The number of hydrogen-bond acceptors (Lipinski definition) is 3. The molecule has 0 bridgehead atoms. The predicted octanol–water partition coefficient (Wildman–Crippen LogP) is 3.55. The Labute approximate surface area is 129 Å². The maximum Gasteiger partial charge on any atom is 0.281 e. The van der Waals surface area contributed by atoms with Crippen molar-refractivity contribution in [3.63, 3.8) is 0 Å². The van der Waals surface area contributed by atoms with Gasteiger partial charge in [-0.15, -0.1) is 11.3 Å². The van der Waals surface area contributed by atoms with Crippen LogP contribution in [0.4, 0.5) is 0 Å². The van der Waals surface area contributed by atoms with Crippen molar-refractivity contribution in [1.82, 2.24) is 5.43 Å². The number of thiophene rings is 1. The summed E-state index contributed by atoms with van der Waals surface area (Å²) in [6.45, 7) is 2.29. The molecule has 0 aromatic carbocycles. The summed E-state index contributed by atoms with van der Waals surface area (Å²) < 4.78 is 0. The minimum absolute atomic E-state index is 0.0380. The average molecular weight is 300 g/mol. The van der Waals surface area contributed by atoms with Gasteiger partial charge in [0.2, 0.25) is 0 Å². The van der Waals surface area contributed by atoms with Crippen molar-refractivity contribution in [2.24, 2.45) is 22.9 Å². The third-order valence-corrected chi connectivity index (χ3v) is 6.25. The summed E-state index contributed by atoms with van der Waals surface area (Å²) in [4.78, 5) is 14.5. The van der Waals surface area contributed by atoms with Crippen LogP contribution in [0.1, 0.15) is 46.3 Å². The predicted molar refractivity (Wildman–Crippen MR) is 85.8 cm³/mol. The normalized spacial score (nSPS) is 31.7. The van der Waals surface area contributed by atoms with Crippen LogP contribution < -0.4 is 5.43 Å². The number of fused-ring (bicyclic) bond motifs is 2. The molecule has 1 amide bonds. The number of rotatable bonds is 2. The Kier molecular flexibility index (Phi) is 3.21. The van der Waals surface area contributed by atoms with E-state index in [2.05, 4.69) is 35.7 Å². The van der Waals surface area contributed by atoms with Crippen molar-refractivity contribution < 1.29 is 4.79 Å². The fraction of sp³-hybridized carbons (Fsp3) is 0.529. The molecular weight excluding hydrogens is 280 g/mol.